The Hall–Kier alpha value is -1.76. The zero-order valence-corrected chi connectivity index (χ0v) is 15.4. The van der Waals surface area contributed by atoms with E-state index < -0.39 is 0 Å². The molecule has 0 saturated carbocycles. The predicted molar refractivity (Wildman–Crippen MR) is 105 cm³/mol. The van der Waals surface area contributed by atoms with Crippen molar-refractivity contribution in [1.29, 1.82) is 0 Å². The Kier molecular flexibility index (Phi) is 5.10. The summed E-state index contributed by atoms with van der Waals surface area (Å²) < 4.78 is 5.99. The van der Waals surface area contributed by atoms with Crippen molar-refractivity contribution in [2.75, 3.05) is 11.5 Å². The third-order valence-electron chi connectivity index (χ3n) is 4.13. The molecular weight excluding hydrogens is 350 g/mol. The van der Waals surface area contributed by atoms with Gasteiger partial charge in [0.15, 0.2) is 0 Å². The average molecular weight is 370 g/mol. The van der Waals surface area contributed by atoms with Crippen molar-refractivity contribution in [2.24, 2.45) is 5.73 Å². The van der Waals surface area contributed by atoms with Crippen molar-refractivity contribution >= 4 is 23.5 Å². The summed E-state index contributed by atoms with van der Waals surface area (Å²) >= 11 is 4.05. The standard InChI is InChI=1S/C19H19N3OS2/c20-12-13-2-4-14(5-3-13)17-21-18(23-22-17)15-6-8-16(9-7-15)19-24-10-1-11-25-19/h2-9,19H,1,10-12,20H2. The molecular formula is C19H19N3OS2. The summed E-state index contributed by atoms with van der Waals surface area (Å²) in [6.07, 6.45) is 1.31. The molecule has 128 valence electrons. The number of thioether (sulfide) groups is 2. The second-order valence-corrected chi connectivity index (χ2v) is 8.60. The van der Waals surface area contributed by atoms with Crippen LogP contribution in [0, 0.1) is 0 Å². The Morgan fingerprint density at radius 2 is 1.64 bits per heavy atom. The van der Waals surface area contributed by atoms with Crippen LogP contribution in [0.2, 0.25) is 0 Å². The maximum atomic E-state index is 5.63. The van der Waals surface area contributed by atoms with Gasteiger partial charge in [0, 0.05) is 17.7 Å². The minimum Gasteiger partial charge on any atom is -0.334 e. The van der Waals surface area contributed by atoms with Crippen molar-refractivity contribution < 1.29 is 4.52 Å². The van der Waals surface area contributed by atoms with Crippen LogP contribution in [0.15, 0.2) is 53.1 Å². The molecule has 25 heavy (non-hydrogen) atoms. The van der Waals surface area contributed by atoms with E-state index in [0.29, 0.717) is 22.8 Å². The minimum atomic E-state index is 0.529. The number of benzene rings is 2. The number of hydrogen-bond acceptors (Lipinski definition) is 6. The number of rotatable bonds is 4. The van der Waals surface area contributed by atoms with Gasteiger partial charge in [-0.1, -0.05) is 41.6 Å². The van der Waals surface area contributed by atoms with Crippen molar-refractivity contribution in [3.63, 3.8) is 0 Å². The van der Waals surface area contributed by atoms with Crippen LogP contribution < -0.4 is 5.73 Å². The van der Waals surface area contributed by atoms with Gasteiger partial charge in [0.05, 0.1) is 4.58 Å². The van der Waals surface area contributed by atoms with Gasteiger partial charge in [0.25, 0.3) is 5.89 Å². The number of nitrogens with two attached hydrogens (primary N) is 1. The summed E-state index contributed by atoms with van der Waals surface area (Å²) in [6.45, 7) is 0.529. The summed E-state index contributed by atoms with van der Waals surface area (Å²) in [6, 6.07) is 16.4. The Labute approximate surface area is 155 Å². The fraction of sp³-hybridized carbons (Fsp3) is 0.263. The van der Waals surface area contributed by atoms with Crippen LogP contribution in [0.25, 0.3) is 22.8 Å². The Bertz CT molecular complexity index is 825. The third kappa shape index (κ3) is 3.76. The number of hydrogen-bond donors (Lipinski definition) is 1. The lowest BCUT2D eigenvalue weighted by Gasteiger charge is -2.21. The normalized spacial score (nSPS) is 15.4. The van der Waals surface area contributed by atoms with Crippen LogP contribution >= 0.6 is 23.5 Å². The second-order valence-electron chi connectivity index (χ2n) is 5.87. The summed E-state index contributed by atoms with van der Waals surface area (Å²) in [4.78, 5) is 4.53. The van der Waals surface area contributed by atoms with Gasteiger partial charge < -0.3 is 10.3 Å². The molecule has 2 heterocycles. The van der Waals surface area contributed by atoms with Crippen molar-refractivity contribution in [1.82, 2.24) is 10.1 Å². The smallest absolute Gasteiger partial charge is 0.258 e. The van der Waals surface area contributed by atoms with Crippen LogP contribution in [-0.4, -0.2) is 21.6 Å². The largest absolute Gasteiger partial charge is 0.334 e. The maximum Gasteiger partial charge on any atom is 0.258 e. The van der Waals surface area contributed by atoms with E-state index >= 15 is 0 Å². The monoisotopic (exact) mass is 369 g/mol. The first-order valence-corrected chi connectivity index (χ1v) is 10.4. The van der Waals surface area contributed by atoms with Crippen LogP contribution in [0.3, 0.4) is 0 Å². The molecule has 4 nitrogen and oxygen atoms in total. The molecule has 6 heteroatoms. The van der Waals surface area contributed by atoms with Gasteiger partial charge in [-0.25, -0.2) is 0 Å². The van der Waals surface area contributed by atoms with E-state index in [1.54, 1.807) is 0 Å². The lowest BCUT2D eigenvalue weighted by atomic mass is 10.1. The minimum absolute atomic E-state index is 0.529. The summed E-state index contributed by atoms with van der Waals surface area (Å²) in [5.74, 6) is 3.64. The first kappa shape index (κ1) is 16.7. The van der Waals surface area contributed by atoms with E-state index in [1.165, 1.54) is 23.5 Å². The molecule has 1 fully saturated rings. The number of aromatic nitrogens is 2. The predicted octanol–water partition coefficient (Wildman–Crippen LogP) is 4.73. The molecule has 0 spiro atoms. The maximum absolute atomic E-state index is 5.63. The molecule has 2 N–H and O–H groups in total. The SMILES string of the molecule is NCc1ccc(-c2noc(-c3ccc(C4SCCCS4)cc3)n2)cc1. The van der Waals surface area contributed by atoms with E-state index in [-0.39, 0.29) is 0 Å². The molecule has 0 amide bonds. The molecule has 0 atom stereocenters. The zero-order valence-electron chi connectivity index (χ0n) is 13.7. The molecule has 0 bridgehead atoms. The lowest BCUT2D eigenvalue weighted by molar-refractivity contribution is 0.432. The van der Waals surface area contributed by atoms with Crippen molar-refractivity contribution in [2.45, 2.75) is 17.5 Å². The zero-order chi connectivity index (χ0) is 17.1. The second kappa shape index (κ2) is 7.64. The average Bonchev–Trinajstić information content (AvgIpc) is 3.19. The summed E-state index contributed by atoms with van der Waals surface area (Å²) in [5.41, 5.74) is 9.95. The molecule has 1 aromatic heterocycles. The van der Waals surface area contributed by atoms with Crippen LogP contribution in [0.1, 0.15) is 22.1 Å². The Balaban J connectivity index is 1.53. The molecule has 1 saturated heterocycles. The molecule has 1 aliphatic rings. The molecule has 1 aliphatic heterocycles. The molecule has 2 aromatic carbocycles. The summed E-state index contributed by atoms with van der Waals surface area (Å²) in [7, 11) is 0. The Morgan fingerprint density at radius 1 is 0.960 bits per heavy atom. The quantitative estimate of drug-likeness (QED) is 0.717. The lowest BCUT2D eigenvalue weighted by Crippen LogP contribution is -1.99. The highest BCUT2D eigenvalue weighted by molar-refractivity contribution is 8.16. The van der Waals surface area contributed by atoms with Gasteiger partial charge >= 0.3 is 0 Å². The highest BCUT2D eigenvalue weighted by Crippen LogP contribution is 2.43. The van der Waals surface area contributed by atoms with Crippen molar-refractivity contribution in [3.05, 3.63) is 59.7 Å². The van der Waals surface area contributed by atoms with E-state index in [2.05, 4.69) is 34.4 Å². The van der Waals surface area contributed by atoms with Gasteiger partial charge in [0.1, 0.15) is 0 Å². The van der Waals surface area contributed by atoms with Gasteiger partial charge in [-0.2, -0.15) is 4.98 Å². The van der Waals surface area contributed by atoms with E-state index in [1.807, 2.05) is 47.8 Å². The first-order chi connectivity index (χ1) is 12.3. The first-order valence-electron chi connectivity index (χ1n) is 8.30. The highest BCUT2D eigenvalue weighted by atomic mass is 32.2. The molecule has 0 unspecified atom stereocenters. The van der Waals surface area contributed by atoms with Gasteiger partial charge in [-0.3, -0.25) is 0 Å². The molecule has 4 rings (SSSR count). The fourth-order valence-electron chi connectivity index (χ4n) is 2.71. The van der Waals surface area contributed by atoms with Gasteiger partial charge in [-0.05, 0) is 41.2 Å². The van der Waals surface area contributed by atoms with Crippen LogP contribution in [-0.2, 0) is 6.54 Å². The molecule has 3 aromatic rings. The van der Waals surface area contributed by atoms with Gasteiger partial charge in [-0.15, -0.1) is 23.5 Å². The molecule has 0 radical (unpaired) electrons. The van der Waals surface area contributed by atoms with Gasteiger partial charge in [0.2, 0.25) is 5.82 Å². The topological polar surface area (TPSA) is 64.9 Å². The third-order valence-corrected chi connectivity index (χ3v) is 7.15. The fourth-order valence-corrected chi connectivity index (χ4v) is 5.61. The van der Waals surface area contributed by atoms with Crippen LogP contribution in [0.4, 0.5) is 0 Å². The number of nitrogens with zero attached hydrogens (tertiary/aromatic N) is 2. The van der Waals surface area contributed by atoms with E-state index in [9.17, 15) is 0 Å². The summed E-state index contributed by atoms with van der Waals surface area (Å²) in [5, 5.41) is 4.10. The van der Waals surface area contributed by atoms with E-state index in [0.717, 1.165) is 16.7 Å². The highest BCUT2D eigenvalue weighted by Gasteiger charge is 2.17. The Morgan fingerprint density at radius 3 is 2.32 bits per heavy atom. The van der Waals surface area contributed by atoms with E-state index in [4.69, 9.17) is 10.3 Å². The van der Waals surface area contributed by atoms with Crippen molar-refractivity contribution in [3.8, 4) is 22.8 Å². The molecule has 0 aliphatic carbocycles. The van der Waals surface area contributed by atoms with Crippen LogP contribution in [0.5, 0.6) is 0 Å².